The van der Waals surface area contributed by atoms with Gasteiger partial charge < -0.3 is 14.7 Å². The van der Waals surface area contributed by atoms with Crippen LogP contribution in [0.2, 0.25) is 0 Å². The lowest BCUT2D eigenvalue weighted by atomic mass is 9.68. The van der Waals surface area contributed by atoms with E-state index in [4.69, 9.17) is 4.74 Å². The molecular weight excluding hydrogens is 218 g/mol. The number of aliphatic carboxylic acids is 1. The smallest absolute Gasteiger partial charge is 0.310 e. The van der Waals surface area contributed by atoms with E-state index in [9.17, 15) is 9.90 Å². The molecular formula is C13H23NO3. The summed E-state index contributed by atoms with van der Waals surface area (Å²) in [4.78, 5) is 13.5. The van der Waals surface area contributed by atoms with Gasteiger partial charge in [0.2, 0.25) is 0 Å². The Bertz CT molecular complexity index is 270. The van der Waals surface area contributed by atoms with Crippen LogP contribution in [0.25, 0.3) is 0 Å². The van der Waals surface area contributed by atoms with Crippen molar-refractivity contribution in [3.8, 4) is 0 Å². The predicted molar refractivity (Wildman–Crippen MR) is 65.0 cm³/mol. The van der Waals surface area contributed by atoms with Crippen LogP contribution in [0.1, 0.15) is 32.1 Å². The lowest BCUT2D eigenvalue weighted by Gasteiger charge is -2.41. The topological polar surface area (TPSA) is 49.8 Å². The monoisotopic (exact) mass is 241 g/mol. The Balaban J connectivity index is 1.79. The summed E-state index contributed by atoms with van der Waals surface area (Å²) in [7, 11) is 2.05. The first-order valence-corrected chi connectivity index (χ1v) is 6.62. The molecule has 0 radical (unpaired) electrons. The van der Waals surface area contributed by atoms with Gasteiger partial charge in [-0.3, -0.25) is 4.79 Å². The van der Waals surface area contributed by atoms with Crippen LogP contribution in [0.5, 0.6) is 0 Å². The first-order chi connectivity index (χ1) is 8.12. The van der Waals surface area contributed by atoms with Crippen molar-refractivity contribution in [3.05, 3.63) is 0 Å². The van der Waals surface area contributed by atoms with Gasteiger partial charge in [-0.15, -0.1) is 0 Å². The van der Waals surface area contributed by atoms with Gasteiger partial charge in [0.25, 0.3) is 0 Å². The number of nitrogens with zero attached hydrogens (tertiary/aromatic N) is 1. The van der Waals surface area contributed by atoms with E-state index < -0.39 is 11.4 Å². The zero-order valence-electron chi connectivity index (χ0n) is 10.7. The maximum Gasteiger partial charge on any atom is 0.310 e. The van der Waals surface area contributed by atoms with E-state index in [1.165, 1.54) is 0 Å². The van der Waals surface area contributed by atoms with Crippen LogP contribution in [-0.4, -0.2) is 49.3 Å². The van der Waals surface area contributed by atoms with Gasteiger partial charge in [-0.25, -0.2) is 0 Å². The third-order valence-corrected chi connectivity index (χ3v) is 4.25. The number of carboxylic acids is 1. The highest BCUT2D eigenvalue weighted by Gasteiger charge is 2.45. The van der Waals surface area contributed by atoms with Crippen LogP contribution in [-0.2, 0) is 9.53 Å². The van der Waals surface area contributed by atoms with Crippen molar-refractivity contribution < 1.29 is 14.6 Å². The Morgan fingerprint density at radius 1 is 1.41 bits per heavy atom. The summed E-state index contributed by atoms with van der Waals surface area (Å²) in [5, 5.41) is 9.29. The minimum Gasteiger partial charge on any atom is -0.481 e. The van der Waals surface area contributed by atoms with Crippen molar-refractivity contribution in [1.82, 2.24) is 4.90 Å². The molecule has 4 nitrogen and oxygen atoms in total. The molecule has 0 spiro atoms. The molecule has 1 saturated heterocycles. The zero-order valence-corrected chi connectivity index (χ0v) is 10.7. The largest absolute Gasteiger partial charge is 0.481 e. The Labute approximate surface area is 103 Å². The van der Waals surface area contributed by atoms with Gasteiger partial charge in [-0.05, 0) is 38.6 Å². The van der Waals surface area contributed by atoms with Crippen molar-refractivity contribution in [1.29, 1.82) is 0 Å². The van der Waals surface area contributed by atoms with Crippen LogP contribution in [0.15, 0.2) is 0 Å². The van der Waals surface area contributed by atoms with Crippen LogP contribution < -0.4 is 0 Å². The van der Waals surface area contributed by atoms with Crippen LogP contribution >= 0.6 is 0 Å². The fraction of sp³-hybridized carbons (Fsp3) is 0.923. The van der Waals surface area contributed by atoms with E-state index in [1.54, 1.807) is 0 Å². The minimum atomic E-state index is -0.609. The molecule has 1 N–H and O–H groups in total. The van der Waals surface area contributed by atoms with E-state index in [2.05, 4.69) is 11.9 Å². The summed E-state index contributed by atoms with van der Waals surface area (Å²) in [6.45, 7) is 3.45. The van der Waals surface area contributed by atoms with Crippen molar-refractivity contribution in [2.75, 3.05) is 33.4 Å². The fourth-order valence-corrected chi connectivity index (χ4v) is 2.99. The Morgan fingerprint density at radius 2 is 2.06 bits per heavy atom. The molecule has 4 heteroatoms. The zero-order chi connectivity index (χ0) is 12.3. The summed E-state index contributed by atoms with van der Waals surface area (Å²) in [6, 6.07) is 0. The number of hydrogen-bond acceptors (Lipinski definition) is 3. The molecule has 1 saturated carbocycles. The second kappa shape index (κ2) is 5.36. The molecule has 0 aromatic rings. The van der Waals surface area contributed by atoms with Crippen LogP contribution in [0.4, 0.5) is 0 Å². The normalized spacial score (nSPS) is 24.6. The Hall–Kier alpha value is -0.610. The van der Waals surface area contributed by atoms with Gasteiger partial charge in [0.05, 0.1) is 5.41 Å². The standard InChI is InChI=1S/C13H23NO3/c1-14(9-11-3-7-17-8-4-11)10-13(12(15)16)5-2-6-13/h11H,2-10H2,1H3,(H,15,16). The second-order valence-electron chi connectivity index (χ2n) is 5.69. The third-order valence-electron chi connectivity index (χ3n) is 4.25. The summed E-state index contributed by atoms with van der Waals surface area (Å²) >= 11 is 0. The van der Waals surface area contributed by atoms with Crippen molar-refractivity contribution in [3.63, 3.8) is 0 Å². The highest BCUT2D eigenvalue weighted by atomic mass is 16.5. The first-order valence-electron chi connectivity index (χ1n) is 6.62. The molecule has 0 aromatic heterocycles. The molecule has 0 aromatic carbocycles. The molecule has 1 aliphatic heterocycles. The predicted octanol–water partition coefficient (Wildman–Crippen LogP) is 1.60. The highest BCUT2D eigenvalue weighted by molar-refractivity contribution is 5.76. The van der Waals surface area contributed by atoms with Crippen molar-refractivity contribution in [2.24, 2.45) is 11.3 Å². The number of carbonyl (C=O) groups is 1. The van der Waals surface area contributed by atoms with E-state index in [0.29, 0.717) is 12.5 Å². The number of rotatable bonds is 5. The summed E-state index contributed by atoms with van der Waals surface area (Å²) in [5.74, 6) is 0.0715. The summed E-state index contributed by atoms with van der Waals surface area (Å²) in [6.07, 6.45) is 4.99. The molecule has 2 aliphatic rings. The summed E-state index contributed by atoms with van der Waals surface area (Å²) < 4.78 is 5.34. The van der Waals surface area contributed by atoms with Gasteiger partial charge in [0, 0.05) is 26.3 Å². The molecule has 98 valence electrons. The quantitative estimate of drug-likeness (QED) is 0.794. The maximum absolute atomic E-state index is 11.3. The third kappa shape index (κ3) is 2.99. The first kappa shape index (κ1) is 12.8. The Morgan fingerprint density at radius 3 is 2.53 bits per heavy atom. The van der Waals surface area contributed by atoms with E-state index in [-0.39, 0.29) is 0 Å². The number of ether oxygens (including phenoxy) is 1. The molecule has 0 bridgehead atoms. The average Bonchev–Trinajstić information content (AvgIpc) is 2.24. The minimum absolute atomic E-state index is 0.445. The fourth-order valence-electron chi connectivity index (χ4n) is 2.99. The molecule has 17 heavy (non-hydrogen) atoms. The highest BCUT2D eigenvalue weighted by Crippen LogP contribution is 2.41. The molecule has 0 atom stereocenters. The number of hydrogen-bond donors (Lipinski definition) is 1. The van der Waals surface area contributed by atoms with Gasteiger partial charge in [0.15, 0.2) is 0 Å². The number of carboxylic acid groups (broad SMARTS) is 1. The van der Waals surface area contributed by atoms with Crippen molar-refractivity contribution in [2.45, 2.75) is 32.1 Å². The second-order valence-corrected chi connectivity index (χ2v) is 5.69. The molecule has 0 unspecified atom stereocenters. The van der Waals surface area contributed by atoms with E-state index in [1.807, 2.05) is 0 Å². The van der Waals surface area contributed by atoms with E-state index >= 15 is 0 Å². The van der Waals surface area contributed by atoms with Crippen molar-refractivity contribution >= 4 is 5.97 Å². The van der Waals surface area contributed by atoms with Crippen LogP contribution in [0, 0.1) is 11.3 Å². The summed E-state index contributed by atoms with van der Waals surface area (Å²) in [5.41, 5.74) is -0.445. The van der Waals surface area contributed by atoms with Gasteiger partial charge in [-0.2, -0.15) is 0 Å². The van der Waals surface area contributed by atoms with E-state index in [0.717, 1.165) is 51.9 Å². The van der Waals surface area contributed by atoms with Gasteiger partial charge in [0.1, 0.15) is 0 Å². The molecule has 0 amide bonds. The lowest BCUT2D eigenvalue weighted by molar-refractivity contribution is -0.156. The molecule has 1 heterocycles. The lowest BCUT2D eigenvalue weighted by Crippen LogP contribution is -2.47. The molecule has 2 rings (SSSR count). The van der Waals surface area contributed by atoms with Gasteiger partial charge in [-0.1, -0.05) is 6.42 Å². The molecule has 2 fully saturated rings. The SMILES string of the molecule is CN(CC1CCOCC1)CC1(C(=O)O)CCC1. The maximum atomic E-state index is 11.3. The molecule has 1 aliphatic carbocycles. The average molecular weight is 241 g/mol. The Kier molecular flexibility index (Phi) is 4.05. The van der Waals surface area contributed by atoms with Crippen LogP contribution in [0.3, 0.4) is 0 Å². The van der Waals surface area contributed by atoms with Gasteiger partial charge >= 0.3 is 5.97 Å².